The van der Waals surface area contributed by atoms with Crippen LogP contribution < -0.4 is 10.6 Å². The van der Waals surface area contributed by atoms with Gasteiger partial charge in [0.15, 0.2) is 0 Å². The van der Waals surface area contributed by atoms with Gasteiger partial charge in [-0.15, -0.1) is 0 Å². The van der Waals surface area contributed by atoms with E-state index >= 15 is 0 Å². The normalized spacial score (nSPS) is 10.6. The Bertz CT molecular complexity index is 654. The minimum atomic E-state index is -0.184. The van der Waals surface area contributed by atoms with Gasteiger partial charge in [-0.3, -0.25) is 9.59 Å². The Kier molecular flexibility index (Phi) is 6.72. The van der Waals surface area contributed by atoms with Gasteiger partial charge in [-0.1, -0.05) is 12.1 Å². The zero-order chi connectivity index (χ0) is 17.4. The van der Waals surface area contributed by atoms with Gasteiger partial charge in [-0.05, 0) is 47.9 Å². The lowest BCUT2D eigenvalue weighted by molar-refractivity contribution is 0.0942. The van der Waals surface area contributed by atoms with Crippen molar-refractivity contribution in [1.29, 1.82) is 0 Å². The number of aliphatic hydroxyl groups excluding tert-OH is 2. The van der Waals surface area contributed by atoms with Crippen molar-refractivity contribution in [2.45, 2.75) is 12.8 Å². The summed E-state index contributed by atoms with van der Waals surface area (Å²) in [7, 11) is 0. The molecule has 0 saturated carbocycles. The van der Waals surface area contributed by atoms with E-state index in [9.17, 15) is 9.59 Å². The summed E-state index contributed by atoms with van der Waals surface area (Å²) in [6, 6.07) is 10.6. The van der Waals surface area contributed by atoms with Crippen LogP contribution >= 0.6 is 0 Å². The molecule has 0 aliphatic carbocycles. The number of nitrogens with one attached hydrogen (secondary N) is 2. The summed E-state index contributed by atoms with van der Waals surface area (Å²) >= 11 is 0. The van der Waals surface area contributed by atoms with Crippen LogP contribution in [-0.2, 0) is 0 Å². The number of aliphatic hydroxyl groups is 2. The predicted octanol–water partition coefficient (Wildman–Crippen LogP) is 1.06. The van der Waals surface area contributed by atoms with Crippen LogP contribution in [0.15, 0.2) is 36.4 Å². The summed E-state index contributed by atoms with van der Waals surface area (Å²) in [5, 5.41) is 24.7. The lowest BCUT2D eigenvalue weighted by Crippen LogP contribution is -2.25. The molecule has 6 nitrogen and oxygen atoms in total. The number of amides is 2. The third kappa shape index (κ3) is 4.78. The van der Waals surface area contributed by atoms with Crippen molar-refractivity contribution in [2.24, 2.45) is 0 Å². The summed E-state index contributed by atoms with van der Waals surface area (Å²) < 4.78 is 0. The molecular formula is C18H22N2O4. The number of benzene rings is 2. The Morgan fingerprint density at radius 1 is 0.750 bits per heavy atom. The van der Waals surface area contributed by atoms with E-state index in [1.807, 2.05) is 0 Å². The first-order valence-electron chi connectivity index (χ1n) is 7.97. The molecule has 0 fully saturated rings. The molecule has 0 spiro atoms. The van der Waals surface area contributed by atoms with Crippen LogP contribution in [0.25, 0.3) is 10.8 Å². The summed E-state index contributed by atoms with van der Waals surface area (Å²) in [6.45, 7) is 0.947. The highest BCUT2D eigenvalue weighted by atomic mass is 16.3. The maximum Gasteiger partial charge on any atom is 0.251 e. The molecule has 6 heteroatoms. The molecule has 2 rings (SSSR count). The van der Waals surface area contributed by atoms with Crippen LogP contribution in [0.5, 0.6) is 0 Å². The standard InChI is InChI=1S/C18H22N2O4/c21-9-1-7-19-17(23)15-5-3-14-12-16(6-4-13(14)11-15)18(24)20-8-2-10-22/h3-6,11-12,21-22H,1-2,7-10H2,(H,19,23)(H,20,24). The minimum Gasteiger partial charge on any atom is -0.396 e. The maximum absolute atomic E-state index is 12.0. The van der Waals surface area contributed by atoms with Crippen LogP contribution in [0.2, 0.25) is 0 Å². The third-order valence-electron chi connectivity index (χ3n) is 3.61. The van der Waals surface area contributed by atoms with Gasteiger partial charge in [0, 0.05) is 37.4 Å². The third-order valence-corrected chi connectivity index (χ3v) is 3.61. The molecule has 0 saturated heterocycles. The van der Waals surface area contributed by atoms with Crippen molar-refractivity contribution < 1.29 is 19.8 Å². The summed E-state index contributed by atoms with van der Waals surface area (Å²) in [4.78, 5) is 24.0. The summed E-state index contributed by atoms with van der Waals surface area (Å²) in [6.07, 6.45) is 1.04. The predicted molar refractivity (Wildman–Crippen MR) is 92.0 cm³/mol. The van der Waals surface area contributed by atoms with Gasteiger partial charge in [0.25, 0.3) is 11.8 Å². The van der Waals surface area contributed by atoms with Gasteiger partial charge >= 0.3 is 0 Å². The first kappa shape index (κ1) is 17.9. The topological polar surface area (TPSA) is 98.7 Å². The molecule has 4 N–H and O–H groups in total. The van der Waals surface area contributed by atoms with E-state index in [4.69, 9.17) is 10.2 Å². The summed E-state index contributed by atoms with van der Waals surface area (Å²) in [5.41, 5.74) is 1.08. The smallest absolute Gasteiger partial charge is 0.251 e. The second-order valence-electron chi connectivity index (χ2n) is 5.44. The second kappa shape index (κ2) is 9.00. The highest BCUT2D eigenvalue weighted by Crippen LogP contribution is 2.18. The van der Waals surface area contributed by atoms with Crippen molar-refractivity contribution in [3.05, 3.63) is 47.5 Å². The van der Waals surface area contributed by atoms with E-state index in [1.54, 1.807) is 36.4 Å². The number of rotatable bonds is 8. The lowest BCUT2D eigenvalue weighted by Gasteiger charge is -2.08. The van der Waals surface area contributed by atoms with Crippen LogP contribution in [-0.4, -0.2) is 48.3 Å². The number of carbonyl (C=O) groups excluding carboxylic acids is 2. The molecule has 2 aromatic carbocycles. The maximum atomic E-state index is 12.0. The van der Waals surface area contributed by atoms with E-state index in [-0.39, 0.29) is 25.0 Å². The summed E-state index contributed by atoms with van der Waals surface area (Å²) in [5.74, 6) is -0.368. The van der Waals surface area contributed by atoms with Gasteiger partial charge in [-0.2, -0.15) is 0 Å². The number of hydrogen-bond donors (Lipinski definition) is 4. The van der Waals surface area contributed by atoms with E-state index in [0.717, 1.165) is 10.8 Å². The van der Waals surface area contributed by atoms with Crippen molar-refractivity contribution in [3.63, 3.8) is 0 Å². The Morgan fingerprint density at radius 3 is 1.54 bits per heavy atom. The quantitative estimate of drug-likeness (QED) is 0.544. The monoisotopic (exact) mass is 330 g/mol. The van der Waals surface area contributed by atoms with E-state index in [0.29, 0.717) is 37.1 Å². The molecule has 24 heavy (non-hydrogen) atoms. The van der Waals surface area contributed by atoms with E-state index in [1.165, 1.54) is 0 Å². The van der Waals surface area contributed by atoms with Crippen LogP contribution in [0.3, 0.4) is 0 Å². The molecular weight excluding hydrogens is 308 g/mol. The molecule has 2 aromatic rings. The molecule has 0 aromatic heterocycles. The van der Waals surface area contributed by atoms with Gasteiger partial charge < -0.3 is 20.8 Å². The molecule has 0 radical (unpaired) electrons. The molecule has 0 aliphatic heterocycles. The molecule has 2 amide bonds. The van der Waals surface area contributed by atoms with Crippen LogP contribution in [0.4, 0.5) is 0 Å². The SMILES string of the molecule is O=C(NCCCO)c1ccc2cc(C(=O)NCCCO)ccc2c1. The van der Waals surface area contributed by atoms with Gasteiger partial charge in [0.05, 0.1) is 0 Å². The van der Waals surface area contributed by atoms with Crippen molar-refractivity contribution in [2.75, 3.05) is 26.3 Å². The lowest BCUT2D eigenvalue weighted by atomic mass is 10.0. The van der Waals surface area contributed by atoms with Crippen molar-refractivity contribution in [1.82, 2.24) is 10.6 Å². The molecule has 0 aliphatic rings. The fourth-order valence-electron chi connectivity index (χ4n) is 2.29. The highest BCUT2D eigenvalue weighted by Gasteiger charge is 2.09. The zero-order valence-corrected chi connectivity index (χ0v) is 13.4. The molecule has 128 valence electrons. The fraction of sp³-hybridized carbons (Fsp3) is 0.333. The average molecular weight is 330 g/mol. The highest BCUT2D eigenvalue weighted by molar-refractivity contribution is 6.01. The number of hydrogen-bond acceptors (Lipinski definition) is 4. The van der Waals surface area contributed by atoms with Crippen LogP contribution in [0, 0.1) is 0 Å². The first-order chi connectivity index (χ1) is 11.7. The first-order valence-corrected chi connectivity index (χ1v) is 7.97. The second-order valence-corrected chi connectivity index (χ2v) is 5.44. The Morgan fingerprint density at radius 2 is 1.17 bits per heavy atom. The molecule has 0 heterocycles. The molecule has 0 atom stereocenters. The van der Waals surface area contributed by atoms with Gasteiger partial charge in [0.2, 0.25) is 0 Å². The fourth-order valence-corrected chi connectivity index (χ4v) is 2.29. The average Bonchev–Trinajstić information content (AvgIpc) is 2.61. The largest absolute Gasteiger partial charge is 0.396 e. The van der Waals surface area contributed by atoms with Gasteiger partial charge in [0.1, 0.15) is 0 Å². The van der Waals surface area contributed by atoms with E-state index in [2.05, 4.69) is 10.6 Å². The Balaban J connectivity index is 2.10. The van der Waals surface area contributed by atoms with Crippen molar-refractivity contribution in [3.8, 4) is 0 Å². The minimum absolute atomic E-state index is 0.0428. The number of fused-ring (bicyclic) bond motifs is 1. The van der Waals surface area contributed by atoms with Crippen LogP contribution in [0.1, 0.15) is 33.6 Å². The molecule has 0 bridgehead atoms. The van der Waals surface area contributed by atoms with E-state index < -0.39 is 0 Å². The van der Waals surface area contributed by atoms with Gasteiger partial charge in [-0.25, -0.2) is 0 Å². The molecule has 0 unspecified atom stereocenters. The van der Waals surface area contributed by atoms with Crippen molar-refractivity contribution >= 4 is 22.6 Å². The Hall–Kier alpha value is -2.44. The number of carbonyl (C=O) groups is 2. The zero-order valence-electron chi connectivity index (χ0n) is 13.4. The Labute approximate surface area is 140 Å².